The largest absolute Gasteiger partial charge is 0.379 e. The zero-order valence-electron chi connectivity index (χ0n) is 12.1. The molecule has 0 bridgehead atoms. The predicted octanol–water partition coefficient (Wildman–Crippen LogP) is 2.56. The lowest BCUT2D eigenvalue weighted by Crippen LogP contribution is -2.40. The molecule has 1 aliphatic heterocycles. The van der Waals surface area contributed by atoms with Gasteiger partial charge in [-0.3, -0.25) is 4.90 Å². The number of rotatable bonds is 6. The Bertz CT molecular complexity index is 332. The van der Waals surface area contributed by atoms with Crippen molar-refractivity contribution in [3.63, 3.8) is 0 Å². The minimum absolute atomic E-state index is 0. The summed E-state index contributed by atoms with van der Waals surface area (Å²) >= 11 is 0. The van der Waals surface area contributed by atoms with E-state index >= 15 is 0 Å². The Balaban J connectivity index is 0.00000180. The lowest BCUT2D eigenvalue weighted by Gasteiger charge is -2.26. The molecular formula is C15H26Cl2N2O. The van der Waals surface area contributed by atoms with Crippen LogP contribution in [-0.4, -0.2) is 50.8 Å². The van der Waals surface area contributed by atoms with Gasteiger partial charge in [-0.05, 0) is 11.5 Å². The molecule has 1 heterocycles. The molecule has 1 aromatic carbocycles. The van der Waals surface area contributed by atoms with Crippen molar-refractivity contribution in [3.8, 4) is 0 Å². The number of hydrogen-bond acceptors (Lipinski definition) is 3. The molecule has 0 radical (unpaired) electrons. The van der Waals surface area contributed by atoms with E-state index in [0.717, 1.165) is 45.9 Å². The molecule has 20 heavy (non-hydrogen) atoms. The number of nitrogens with zero attached hydrogens (tertiary/aromatic N) is 1. The number of halogens is 2. The minimum atomic E-state index is 0. The summed E-state index contributed by atoms with van der Waals surface area (Å²) in [6.45, 7) is 9.46. The minimum Gasteiger partial charge on any atom is -0.379 e. The van der Waals surface area contributed by atoms with Gasteiger partial charge in [-0.1, -0.05) is 37.3 Å². The summed E-state index contributed by atoms with van der Waals surface area (Å²) < 4.78 is 5.34. The molecule has 0 aliphatic carbocycles. The molecule has 1 N–H and O–H groups in total. The maximum Gasteiger partial charge on any atom is 0.0594 e. The molecule has 1 aliphatic rings. The normalized spacial score (nSPS) is 16.9. The van der Waals surface area contributed by atoms with Crippen LogP contribution in [0.3, 0.4) is 0 Å². The Hall–Kier alpha value is -0.320. The van der Waals surface area contributed by atoms with Crippen LogP contribution in [0.2, 0.25) is 0 Å². The molecule has 0 saturated carbocycles. The maximum atomic E-state index is 5.34. The van der Waals surface area contributed by atoms with E-state index in [1.54, 1.807) is 0 Å². The lowest BCUT2D eigenvalue weighted by molar-refractivity contribution is 0.0384. The van der Waals surface area contributed by atoms with E-state index in [1.165, 1.54) is 5.56 Å². The van der Waals surface area contributed by atoms with Gasteiger partial charge < -0.3 is 10.1 Å². The Kier molecular flexibility index (Phi) is 11.2. The molecule has 0 amide bonds. The Morgan fingerprint density at radius 3 is 2.45 bits per heavy atom. The highest BCUT2D eigenvalue weighted by Gasteiger charge is 2.09. The third-order valence-electron chi connectivity index (χ3n) is 3.53. The van der Waals surface area contributed by atoms with Crippen molar-refractivity contribution in [2.45, 2.75) is 12.8 Å². The SMILES string of the molecule is CC(CNCCN1CCOCC1)c1ccccc1.Cl.Cl. The van der Waals surface area contributed by atoms with E-state index in [4.69, 9.17) is 4.74 Å². The van der Waals surface area contributed by atoms with Gasteiger partial charge in [0.15, 0.2) is 0 Å². The van der Waals surface area contributed by atoms with Crippen LogP contribution in [0.4, 0.5) is 0 Å². The Morgan fingerprint density at radius 2 is 1.80 bits per heavy atom. The molecule has 5 heteroatoms. The van der Waals surface area contributed by atoms with Crippen molar-refractivity contribution < 1.29 is 4.74 Å². The molecule has 1 fully saturated rings. The van der Waals surface area contributed by atoms with E-state index in [9.17, 15) is 0 Å². The third kappa shape index (κ3) is 6.91. The van der Waals surface area contributed by atoms with Gasteiger partial charge in [0, 0.05) is 32.7 Å². The quantitative estimate of drug-likeness (QED) is 0.815. The second-order valence-electron chi connectivity index (χ2n) is 4.97. The summed E-state index contributed by atoms with van der Waals surface area (Å²) in [6.07, 6.45) is 0. The second kappa shape index (κ2) is 11.4. The molecule has 1 atom stereocenters. The third-order valence-corrected chi connectivity index (χ3v) is 3.53. The zero-order chi connectivity index (χ0) is 12.6. The number of benzene rings is 1. The fraction of sp³-hybridized carbons (Fsp3) is 0.600. The molecule has 2 rings (SSSR count). The smallest absolute Gasteiger partial charge is 0.0594 e. The summed E-state index contributed by atoms with van der Waals surface area (Å²) in [4.78, 5) is 2.46. The van der Waals surface area contributed by atoms with Crippen molar-refractivity contribution in [2.75, 3.05) is 45.9 Å². The molecular weight excluding hydrogens is 295 g/mol. The summed E-state index contributed by atoms with van der Waals surface area (Å²) in [5, 5.41) is 3.55. The van der Waals surface area contributed by atoms with Crippen LogP contribution in [0.25, 0.3) is 0 Å². The summed E-state index contributed by atoms with van der Waals surface area (Å²) in [5.74, 6) is 0.580. The first-order valence-electron chi connectivity index (χ1n) is 6.92. The summed E-state index contributed by atoms with van der Waals surface area (Å²) in [6, 6.07) is 10.7. The molecule has 116 valence electrons. The first-order chi connectivity index (χ1) is 8.86. The fourth-order valence-corrected chi connectivity index (χ4v) is 2.28. The van der Waals surface area contributed by atoms with Gasteiger partial charge >= 0.3 is 0 Å². The van der Waals surface area contributed by atoms with Gasteiger partial charge in [0.1, 0.15) is 0 Å². The van der Waals surface area contributed by atoms with E-state index < -0.39 is 0 Å². The van der Waals surface area contributed by atoms with Gasteiger partial charge in [-0.25, -0.2) is 0 Å². The van der Waals surface area contributed by atoms with Crippen molar-refractivity contribution >= 4 is 24.8 Å². The van der Waals surface area contributed by atoms with Crippen molar-refractivity contribution in [2.24, 2.45) is 0 Å². The average molecular weight is 321 g/mol. The van der Waals surface area contributed by atoms with Crippen molar-refractivity contribution in [1.29, 1.82) is 0 Å². The van der Waals surface area contributed by atoms with E-state index in [0.29, 0.717) is 5.92 Å². The molecule has 1 aromatic rings. The molecule has 0 aromatic heterocycles. The highest BCUT2D eigenvalue weighted by molar-refractivity contribution is 5.85. The second-order valence-corrected chi connectivity index (χ2v) is 4.97. The van der Waals surface area contributed by atoms with Gasteiger partial charge in [0.25, 0.3) is 0 Å². The zero-order valence-corrected chi connectivity index (χ0v) is 13.7. The van der Waals surface area contributed by atoms with Crippen LogP contribution >= 0.6 is 24.8 Å². The first-order valence-corrected chi connectivity index (χ1v) is 6.92. The van der Waals surface area contributed by atoms with Crippen molar-refractivity contribution in [1.82, 2.24) is 10.2 Å². The maximum absolute atomic E-state index is 5.34. The lowest BCUT2D eigenvalue weighted by atomic mass is 10.0. The first kappa shape index (κ1) is 19.7. The molecule has 1 unspecified atom stereocenters. The Labute approximate surface area is 134 Å². The average Bonchev–Trinajstić information content (AvgIpc) is 2.45. The van der Waals surface area contributed by atoms with Crippen molar-refractivity contribution in [3.05, 3.63) is 35.9 Å². The monoisotopic (exact) mass is 320 g/mol. The summed E-state index contributed by atoms with van der Waals surface area (Å²) in [7, 11) is 0. The fourth-order valence-electron chi connectivity index (χ4n) is 2.28. The van der Waals surface area contributed by atoms with E-state index in [-0.39, 0.29) is 24.8 Å². The topological polar surface area (TPSA) is 24.5 Å². The van der Waals surface area contributed by atoms with Gasteiger partial charge in [-0.2, -0.15) is 0 Å². The summed E-state index contributed by atoms with van der Waals surface area (Å²) in [5.41, 5.74) is 1.41. The van der Waals surface area contributed by atoms with Crippen LogP contribution in [0.15, 0.2) is 30.3 Å². The van der Waals surface area contributed by atoms with E-state index in [1.807, 2.05) is 0 Å². The number of morpholine rings is 1. The van der Waals surface area contributed by atoms with Crippen LogP contribution in [0.1, 0.15) is 18.4 Å². The van der Waals surface area contributed by atoms with Crippen LogP contribution < -0.4 is 5.32 Å². The molecule has 3 nitrogen and oxygen atoms in total. The highest BCUT2D eigenvalue weighted by Crippen LogP contribution is 2.12. The van der Waals surface area contributed by atoms with Crippen LogP contribution in [0.5, 0.6) is 0 Å². The van der Waals surface area contributed by atoms with Gasteiger partial charge in [0.05, 0.1) is 13.2 Å². The van der Waals surface area contributed by atoms with Crippen LogP contribution in [-0.2, 0) is 4.74 Å². The Morgan fingerprint density at radius 1 is 1.15 bits per heavy atom. The standard InChI is InChI=1S/C15H24N2O.2ClH/c1-14(15-5-3-2-4-6-15)13-16-7-8-17-9-11-18-12-10-17;;/h2-6,14,16H,7-13H2,1H3;2*1H. The number of ether oxygens (including phenoxy) is 1. The highest BCUT2D eigenvalue weighted by atomic mass is 35.5. The number of nitrogens with one attached hydrogen (secondary N) is 1. The molecule has 1 saturated heterocycles. The van der Waals surface area contributed by atoms with Gasteiger partial charge in [0.2, 0.25) is 0 Å². The van der Waals surface area contributed by atoms with E-state index in [2.05, 4.69) is 47.5 Å². The van der Waals surface area contributed by atoms with Gasteiger partial charge in [-0.15, -0.1) is 24.8 Å². The molecule has 0 spiro atoms. The van der Waals surface area contributed by atoms with Crippen LogP contribution in [0, 0.1) is 0 Å². The number of hydrogen-bond donors (Lipinski definition) is 1. The predicted molar refractivity (Wildman–Crippen MR) is 89.5 cm³/mol.